The number of rotatable bonds is 3. The van der Waals surface area contributed by atoms with Crippen LogP contribution in [0.25, 0.3) is 0 Å². The van der Waals surface area contributed by atoms with Crippen molar-refractivity contribution < 1.29 is 4.79 Å². The van der Waals surface area contributed by atoms with Gasteiger partial charge in [0.1, 0.15) is 0 Å². The maximum Gasteiger partial charge on any atom is 0.314 e. The molecule has 1 unspecified atom stereocenters. The second-order valence-corrected chi connectivity index (χ2v) is 5.50. The van der Waals surface area contributed by atoms with Gasteiger partial charge >= 0.3 is 6.03 Å². The minimum atomic E-state index is -0.275. The summed E-state index contributed by atoms with van der Waals surface area (Å²) in [6.45, 7) is 7.40. The number of hydrogen-bond donors (Lipinski definition) is 2. The predicted octanol–water partition coefficient (Wildman–Crippen LogP) is 0.603. The van der Waals surface area contributed by atoms with Crippen LogP contribution in [0.1, 0.15) is 32.6 Å². The second kappa shape index (κ2) is 6.38. The van der Waals surface area contributed by atoms with Crippen molar-refractivity contribution in [3.8, 4) is 0 Å². The number of amides is 2. The fourth-order valence-electron chi connectivity index (χ4n) is 3.08. The maximum absolute atomic E-state index is 11.1. The summed E-state index contributed by atoms with van der Waals surface area (Å²) >= 11 is 0. The van der Waals surface area contributed by atoms with E-state index in [4.69, 9.17) is 5.73 Å². The van der Waals surface area contributed by atoms with Crippen LogP contribution in [0, 0.1) is 0 Å². The molecule has 2 saturated heterocycles. The van der Waals surface area contributed by atoms with Crippen molar-refractivity contribution in [3.05, 3.63) is 0 Å². The first-order valence-electron chi connectivity index (χ1n) is 7.21. The van der Waals surface area contributed by atoms with Gasteiger partial charge in [-0.25, -0.2) is 4.79 Å². The Morgan fingerprint density at radius 2 is 1.94 bits per heavy atom. The quantitative estimate of drug-likeness (QED) is 0.775. The zero-order chi connectivity index (χ0) is 13.0. The van der Waals surface area contributed by atoms with Crippen molar-refractivity contribution >= 4 is 6.03 Å². The fourth-order valence-corrected chi connectivity index (χ4v) is 3.08. The second-order valence-electron chi connectivity index (χ2n) is 5.50. The molecule has 0 saturated carbocycles. The first-order chi connectivity index (χ1) is 8.69. The molecule has 0 aromatic heterocycles. The summed E-state index contributed by atoms with van der Waals surface area (Å²) in [4.78, 5) is 15.3. The van der Waals surface area contributed by atoms with Crippen LogP contribution in [0.4, 0.5) is 4.79 Å². The lowest BCUT2D eigenvalue weighted by molar-refractivity contribution is 0.160. The molecule has 2 fully saturated rings. The van der Waals surface area contributed by atoms with Crippen molar-refractivity contribution in [3.63, 3.8) is 0 Å². The highest BCUT2D eigenvalue weighted by molar-refractivity contribution is 5.72. The highest BCUT2D eigenvalue weighted by Gasteiger charge is 2.25. The number of piperidine rings is 2. The summed E-state index contributed by atoms with van der Waals surface area (Å²) in [7, 11) is 0. The molecule has 2 aliphatic rings. The van der Waals surface area contributed by atoms with Crippen LogP contribution in [0.5, 0.6) is 0 Å². The van der Waals surface area contributed by atoms with Gasteiger partial charge in [-0.05, 0) is 38.8 Å². The molecule has 5 nitrogen and oxygen atoms in total. The molecule has 5 heteroatoms. The number of likely N-dealkylation sites (tertiary alicyclic amines) is 2. The standard InChI is InChI=1S/C13H26N4O/c1-2-16-7-3-4-12(10-16)15-11-5-8-17(9-6-11)13(14)18/h11-12,15H,2-10H2,1H3,(H2,14,18). The molecule has 3 N–H and O–H groups in total. The summed E-state index contributed by atoms with van der Waals surface area (Å²) < 4.78 is 0. The number of carbonyl (C=O) groups is 1. The lowest BCUT2D eigenvalue weighted by Crippen LogP contribution is -2.53. The molecular formula is C13H26N4O. The average molecular weight is 254 g/mol. The molecule has 2 heterocycles. The van der Waals surface area contributed by atoms with E-state index in [-0.39, 0.29) is 6.03 Å². The Bertz CT molecular complexity index is 276. The smallest absolute Gasteiger partial charge is 0.314 e. The first-order valence-corrected chi connectivity index (χ1v) is 7.21. The molecule has 0 aliphatic carbocycles. The van der Waals surface area contributed by atoms with E-state index in [2.05, 4.69) is 17.1 Å². The number of hydrogen-bond acceptors (Lipinski definition) is 3. The molecule has 0 radical (unpaired) electrons. The van der Waals surface area contributed by atoms with Crippen LogP contribution in [0.15, 0.2) is 0 Å². The van der Waals surface area contributed by atoms with Gasteiger partial charge in [0.2, 0.25) is 0 Å². The highest BCUT2D eigenvalue weighted by Crippen LogP contribution is 2.15. The molecule has 0 spiro atoms. The number of likely N-dealkylation sites (N-methyl/N-ethyl adjacent to an activating group) is 1. The lowest BCUT2D eigenvalue weighted by atomic mass is 10.0. The Balaban J connectivity index is 1.72. The van der Waals surface area contributed by atoms with Crippen molar-refractivity contribution in [1.82, 2.24) is 15.1 Å². The number of nitrogens with one attached hydrogen (secondary N) is 1. The van der Waals surface area contributed by atoms with Gasteiger partial charge in [0.05, 0.1) is 0 Å². The molecule has 2 aliphatic heterocycles. The van der Waals surface area contributed by atoms with Gasteiger partial charge in [0.15, 0.2) is 0 Å². The minimum absolute atomic E-state index is 0.275. The van der Waals surface area contributed by atoms with Crippen LogP contribution >= 0.6 is 0 Å². The minimum Gasteiger partial charge on any atom is -0.351 e. The van der Waals surface area contributed by atoms with Crippen molar-refractivity contribution in [1.29, 1.82) is 0 Å². The zero-order valence-electron chi connectivity index (χ0n) is 11.4. The van der Waals surface area contributed by atoms with Crippen LogP contribution in [-0.2, 0) is 0 Å². The van der Waals surface area contributed by atoms with E-state index in [0.29, 0.717) is 12.1 Å². The van der Waals surface area contributed by atoms with Crippen LogP contribution < -0.4 is 11.1 Å². The third-order valence-corrected chi connectivity index (χ3v) is 4.23. The molecule has 2 amide bonds. The van der Waals surface area contributed by atoms with Gasteiger partial charge in [-0.2, -0.15) is 0 Å². The lowest BCUT2D eigenvalue weighted by Gasteiger charge is -2.37. The molecule has 18 heavy (non-hydrogen) atoms. The first kappa shape index (κ1) is 13.6. The largest absolute Gasteiger partial charge is 0.351 e. The van der Waals surface area contributed by atoms with Crippen molar-refractivity contribution in [2.24, 2.45) is 5.73 Å². The Morgan fingerprint density at radius 1 is 1.22 bits per heavy atom. The van der Waals surface area contributed by atoms with Crippen LogP contribution in [-0.4, -0.2) is 60.6 Å². The molecule has 0 aromatic rings. The molecule has 1 atom stereocenters. The zero-order valence-corrected chi connectivity index (χ0v) is 11.4. The van der Waals surface area contributed by atoms with Gasteiger partial charge in [-0.3, -0.25) is 0 Å². The molecule has 0 aromatic carbocycles. The number of primary amides is 1. The van der Waals surface area contributed by atoms with Crippen LogP contribution in [0.2, 0.25) is 0 Å². The van der Waals surface area contributed by atoms with E-state index in [1.807, 2.05) is 0 Å². The third kappa shape index (κ3) is 3.59. The summed E-state index contributed by atoms with van der Waals surface area (Å²) in [5.74, 6) is 0. The Labute approximate surface area is 110 Å². The monoisotopic (exact) mass is 254 g/mol. The number of nitrogens with zero attached hydrogens (tertiary/aromatic N) is 2. The molecular weight excluding hydrogens is 228 g/mol. The van der Waals surface area contributed by atoms with Gasteiger partial charge < -0.3 is 20.9 Å². The van der Waals surface area contributed by atoms with E-state index < -0.39 is 0 Å². The van der Waals surface area contributed by atoms with E-state index >= 15 is 0 Å². The Kier molecular flexibility index (Phi) is 4.83. The van der Waals surface area contributed by atoms with Crippen molar-refractivity contribution in [2.45, 2.75) is 44.7 Å². The van der Waals surface area contributed by atoms with Gasteiger partial charge in [0.25, 0.3) is 0 Å². The predicted molar refractivity (Wildman–Crippen MR) is 72.5 cm³/mol. The van der Waals surface area contributed by atoms with Crippen molar-refractivity contribution in [2.75, 3.05) is 32.7 Å². The topological polar surface area (TPSA) is 61.6 Å². The molecule has 104 valence electrons. The number of nitrogens with two attached hydrogens (primary N) is 1. The van der Waals surface area contributed by atoms with E-state index in [1.54, 1.807) is 4.90 Å². The number of urea groups is 1. The summed E-state index contributed by atoms with van der Waals surface area (Å²) in [5.41, 5.74) is 5.29. The van der Waals surface area contributed by atoms with E-state index in [1.165, 1.54) is 25.9 Å². The summed E-state index contributed by atoms with van der Waals surface area (Å²) in [5, 5.41) is 3.76. The Hall–Kier alpha value is -0.810. The summed E-state index contributed by atoms with van der Waals surface area (Å²) in [6, 6.07) is 0.912. The van der Waals surface area contributed by atoms with Crippen LogP contribution in [0.3, 0.4) is 0 Å². The van der Waals surface area contributed by atoms with Gasteiger partial charge in [0, 0.05) is 31.7 Å². The Morgan fingerprint density at radius 3 is 2.56 bits per heavy atom. The maximum atomic E-state index is 11.1. The average Bonchev–Trinajstić information content (AvgIpc) is 2.39. The van der Waals surface area contributed by atoms with Gasteiger partial charge in [-0.1, -0.05) is 6.92 Å². The van der Waals surface area contributed by atoms with E-state index in [0.717, 1.165) is 32.5 Å². The van der Waals surface area contributed by atoms with Gasteiger partial charge in [-0.15, -0.1) is 0 Å². The van der Waals surface area contributed by atoms with E-state index in [9.17, 15) is 4.79 Å². The molecule has 0 bridgehead atoms. The fraction of sp³-hybridized carbons (Fsp3) is 0.923. The highest BCUT2D eigenvalue weighted by atomic mass is 16.2. The normalized spacial score (nSPS) is 27.4. The molecule has 2 rings (SSSR count). The summed E-state index contributed by atoms with van der Waals surface area (Å²) in [6.07, 6.45) is 4.65. The SMILES string of the molecule is CCN1CCCC(NC2CCN(C(N)=O)CC2)C1. The number of carbonyl (C=O) groups excluding carboxylic acids is 1. The third-order valence-electron chi connectivity index (χ3n) is 4.23.